The summed E-state index contributed by atoms with van der Waals surface area (Å²) in [6.07, 6.45) is 0. The summed E-state index contributed by atoms with van der Waals surface area (Å²) in [5.41, 5.74) is -0.870. The van der Waals surface area contributed by atoms with Crippen molar-refractivity contribution in [3.05, 3.63) is 35.4 Å². The highest BCUT2D eigenvalue weighted by atomic mass is 19.2. The third-order valence-electron chi connectivity index (χ3n) is 1.16. The number of hydrogen-bond donors (Lipinski definition) is 0. The van der Waals surface area contributed by atoms with Crippen molar-refractivity contribution in [1.82, 2.24) is 0 Å². The molecule has 0 aliphatic heterocycles. The molecular weight excluding hydrogens is 157 g/mol. The molecule has 0 radical (unpaired) electrons. The van der Waals surface area contributed by atoms with Crippen molar-refractivity contribution in [2.45, 2.75) is 0 Å². The maximum Gasteiger partial charge on any atom is 0.335 e. The van der Waals surface area contributed by atoms with Crippen LogP contribution in [0.15, 0.2) is 18.2 Å². The van der Waals surface area contributed by atoms with Crippen molar-refractivity contribution < 1.29 is 18.0 Å². The SMILES string of the molecule is O=C(F)c1cccc(F)c1F. The van der Waals surface area contributed by atoms with E-state index in [0.29, 0.717) is 0 Å². The lowest BCUT2D eigenvalue weighted by atomic mass is 10.2. The smallest absolute Gasteiger partial charge is 0.255 e. The summed E-state index contributed by atoms with van der Waals surface area (Å²) >= 11 is 0. The highest BCUT2D eigenvalue weighted by Gasteiger charge is 2.13. The Hall–Kier alpha value is -1.32. The highest BCUT2D eigenvalue weighted by Crippen LogP contribution is 2.11. The predicted octanol–water partition coefficient (Wildman–Crippen LogP) is 2.07. The van der Waals surface area contributed by atoms with Gasteiger partial charge in [-0.25, -0.2) is 8.78 Å². The summed E-state index contributed by atoms with van der Waals surface area (Å²) in [5, 5.41) is 0. The van der Waals surface area contributed by atoms with Crippen molar-refractivity contribution in [2.75, 3.05) is 0 Å². The van der Waals surface area contributed by atoms with E-state index in [1.165, 1.54) is 0 Å². The first-order chi connectivity index (χ1) is 5.13. The maximum atomic E-state index is 12.4. The maximum absolute atomic E-state index is 12.4. The lowest BCUT2D eigenvalue weighted by Crippen LogP contribution is -1.97. The van der Waals surface area contributed by atoms with Crippen molar-refractivity contribution in [2.24, 2.45) is 0 Å². The number of hydrogen-bond acceptors (Lipinski definition) is 1. The second kappa shape index (κ2) is 2.74. The van der Waals surface area contributed by atoms with Gasteiger partial charge in [0, 0.05) is 0 Å². The zero-order valence-corrected chi connectivity index (χ0v) is 5.27. The van der Waals surface area contributed by atoms with Crippen LogP contribution in [0.1, 0.15) is 10.4 Å². The highest BCUT2D eigenvalue weighted by molar-refractivity contribution is 5.88. The summed E-state index contributed by atoms with van der Waals surface area (Å²) in [6, 6.07) is 0.773. The summed E-state index contributed by atoms with van der Waals surface area (Å²) in [4.78, 5) is 9.95. The third kappa shape index (κ3) is 1.39. The standard InChI is InChI=1S/C7H3F3O/c8-5-3-1-2-4(6(5)9)7(10)11/h1-3H. The van der Waals surface area contributed by atoms with Gasteiger partial charge in [-0.3, -0.25) is 4.79 Å². The summed E-state index contributed by atoms with van der Waals surface area (Å²) < 4.78 is 36.5. The molecule has 1 aromatic carbocycles. The van der Waals surface area contributed by atoms with E-state index < -0.39 is 23.2 Å². The zero-order valence-electron chi connectivity index (χ0n) is 5.27. The van der Waals surface area contributed by atoms with E-state index in [0.717, 1.165) is 18.2 Å². The molecule has 4 heteroatoms. The molecule has 11 heavy (non-hydrogen) atoms. The number of benzene rings is 1. The minimum atomic E-state index is -1.97. The third-order valence-corrected chi connectivity index (χ3v) is 1.16. The average Bonchev–Trinajstić information content (AvgIpc) is 1.94. The molecule has 0 saturated heterocycles. The van der Waals surface area contributed by atoms with E-state index in [2.05, 4.69) is 0 Å². The lowest BCUT2D eigenvalue weighted by Gasteiger charge is -1.94. The van der Waals surface area contributed by atoms with Gasteiger partial charge in [0.1, 0.15) is 0 Å². The van der Waals surface area contributed by atoms with Gasteiger partial charge in [-0.05, 0) is 12.1 Å². The van der Waals surface area contributed by atoms with E-state index in [9.17, 15) is 18.0 Å². The molecular formula is C7H3F3O. The molecule has 0 N–H and O–H groups in total. The van der Waals surface area contributed by atoms with Crippen molar-refractivity contribution in [1.29, 1.82) is 0 Å². The lowest BCUT2D eigenvalue weighted by molar-refractivity contribution is 0.0830. The van der Waals surface area contributed by atoms with Crippen LogP contribution in [0, 0.1) is 11.6 Å². The summed E-state index contributed by atoms with van der Waals surface area (Å²) in [5.74, 6) is -2.67. The van der Waals surface area contributed by atoms with Crippen LogP contribution < -0.4 is 0 Å². The van der Waals surface area contributed by atoms with Gasteiger partial charge >= 0.3 is 6.04 Å². The van der Waals surface area contributed by atoms with Crippen LogP contribution in [-0.4, -0.2) is 6.04 Å². The number of carbonyl (C=O) groups is 1. The van der Waals surface area contributed by atoms with E-state index in [1.807, 2.05) is 0 Å². The van der Waals surface area contributed by atoms with Crippen LogP contribution in [0.4, 0.5) is 13.2 Å². The molecule has 0 saturated carbocycles. The van der Waals surface area contributed by atoms with Crippen molar-refractivity contribution in [3.63, 3.8) is 0 Å². The van der Waals surface area contributed by atoms with Gasteiger partial charge in [0.15, 0.2) is 11.6 Å². The van der Waals surface area contributed by atoms with Crippen LogP contribution >= 0.6 is 0 Å². The van der Waals surface area contributed by atoms with Crippen LogP contribution in [0.25, 0.3) is 0 Å². The molecule has 58 valence electrons. The fourth-order valence-electron chi connectivity index (χ4n) is 0.656. The number of halogens is 3. The van der Waals surface area contributed by atoms with Crippen LogP contribution in [0.3, 0.4) is 0 Å². The van der Waals surface area contributed by atoms with Crippen molar-refractivity contribution >= 4 is 6.04 Å². The van der Waals surface area contributed by atoms with Crippen LogP contribution in [0.5, 0.6) is 0 Å². The van der Waals surface area contributed by atoms with Gasteiger partial charge in [-0.1, -0.05) is 6.07 Å². The first-order valence-corrected chi connectivity index (χ1v) is 2.77. The fourth-order valence-corrected chi connectivity index (χ4v) is 0.656. The van der Waals surface area contributed by atoms with Gasteiger partial charge in [0.2, 0.25) is 0 Å². The minimum Gasteiger partial charge on any atom is -0.255 e. The number of carbonyl (C=O) groups excluding carboxylic acids is 1. The van der Waals surface area contributed by atoms with Gasteiger partial charge < -0.3 is 0 Å². The molecule has 0 fully saturated rings. The molecule has 1 aromatic rings. The van der Waals surface area contributed by atoms with E-state index >= 15 is 0 Å². The topological polar surface area (TPSA) is 17.1 Å². The van der Waals surface area contributed by atoms with Crippen LogP contribution in [-0.2, 0) is 0 Å². The quantitative estimate of drug-likeness (QED) is 0.574. The minimum absolute atomic E-state index is 0.807. The second-order valence-corrected chi connectivity index (χ2v) is 1.88. The molecule has 0 aliphatic rings. The predicted molar refractivity (Wildman–Crippen MR) is 31.8 cm³/mol. The molecule has 0 bridgehead atoms. The Labute approximate surface area is 60.5 Å². The van der Waals surface area contributed by atoms with Gasteiger partial charge in [-0.2, -0.15) is 4.39 Å². The van der Waals surface area contributed by atoms with E-state index in [-0.39, 0.29) is 0 Å². The van der Waals surface area contributed by atoms with E-state index in [1.54, 1.807) is 0 Å². The molecule has 0 atom stereocenters. The van der Waals surface area contributed by atoms with Gasteiger partial charge in [0.25, 0.3) is 0 Å². The normalized spacial score (nSPS) is 9.73. The Bertz CT molecular complexity index is 296. The van der Waals surface area contributed by atoms with Gasteiger partial charge in [0.05, 0.1) is 5.56 Å². The molecule has 1 rings (SSSR count). The summed E-state index contributed by atoms with van der Waals surface area (Å²) in [6.45, 7) is 0. The van der Waals surface area contributed by atoms with Gasteiger partial charge in [-0.15, -0.1) is 0 Å². The number of rotatable bonds is 1. The average molecular weight is 160 g/mol. The monoisotopic (exact) mass is 160 g/mol. The van der Waals surface area contributed by atoms with Crippen molar-refractivity contribution in [3.8, 4) is 0 Å². The molecule has 1 nitrogen and oxygen atoms in total. The molecule has 0 spiro atoms. The Morgan fingerprint density at radius 3 is 2.36 bits per heavy atom. The second-order valence-electron chi connectivity index (χ2n) is 1.88. The van der Waals surface area contributed by atoms with Crippen LogP contribution in [0.2, 0.25) is 0 Å². The first-order valence-electron chi connectivity index (χ1n) is 2.77. The Morgan fingerprint density at radius 1 is 1.27 bits per heavy atom. The molecule has 0 unspecified atom stereocenters. The molecule has 0 heterocycles. The Balaban J connectivity index is 3.27. The molecule has 0 amide bonds. The zero-order chi connectivity index (χ0) is 8.43. The summed E-state index contributed by atoms with van der Waals surface area (Å²) in [7, 11) is 0. The Morgan fingerprint density at radius 2 is 1.91 bits per heavy atom. The first kappa shape index (κ1) is 7.78. The largest absolute Gasteiger partial charge is 0.335 e. The molecule has 0 aliphatic carbocycles. The fraction of sp³-hybridized carbons (Fsp3) is 0. The Kier molecular flexibility index (Phi) is 1.94. The molecule has 0 aromatic heterocycles. The van der Waals surface area contributed by atoms with E-state index in [4.69, 9.17) is 0 Å².